The molecule has 1 rings (SSSR count). The van der Waals surface area contributed by atoms with Crippen LogP contribution in [0.1, 0.15) is 13.3 Å². The van der Waals surface area contributed by atoms with Crippen molar-refractivity contribution in [3.63, 3.8) is 0 Å². The smallest absolute Gasteiger partial charge is 0.177 e. The van der Waals surface area contributed by atoms with Crippen molar-refractivity contribution in [2.75, 3.05) is 12.3 Å². The summed E-state index contributed by atoms with van der Waals surface area (Å²) < 4.78 is 5.17. The SMILES string of the molecule is CC(=O)CC(=O)COc1ccccc1N. The topological polar surface area (TPSA) is 69.4 Å². The van der Waals surface area contributed by atoms with Crippen molar-refractivity contribution >= 4 is 17.3 Å². The number of rotatable bonds is 5. The van der Waals surface area contributed by atoms with Gasteiger partial charge in [-0.1, -0.05) is 12.1 Å². The van der Waals surface area contributed by atoms with Crippen molar-refractivity contribution < 1.29 is 14.3 Å². The van der Waals surface area contributed by atoms with Gasteiger partial charge in [-0.2, -0.15) is 0 Å². The van der Waals surface area contributed by atoms with E-state index in [0.29, 0.717) is 11.4 Å². The number of ether oxygens (including phenoxy) is 1. The fraction of sp³-hybridized carbons (Fsp3) is 0.273. The Labute approximate surface area is 88.0 Å². The van der Waals surface area contributed by atoms with E-state index in [1.165, 1.54) is 6.92 Å². The van der Waals surface area contributed by atoms with Crippen molar-refractivity contribution in [1.29, 1.82) is 0 Å². The van der Waals surface area contributed by atoms with Crippen LogP contribution in [0.3, 0.4) is 0 Å². The molecule has 0 heterocycles. The Kier molecular flexibility index (Phi) is 3.85. The molecule has 0 aliphatic carbocycles. The van der Waals surface area contributed by atoms with Crippen molar-refractivity contribution in [3.8, 4) is 5.75 Å². The lowest BCUT2D eigenvalue weighted by molar-refractivity contribution is -0.127. The largest absolute Gasteiger partial charge is 0.484 e. The van der Waals surface area contributed by atoms with E-state index >= 15 is 0 Å². The molecule has 0 fully saturated rings. The third kappa shape index (κ3) is 3.81. The lowest BCUT2D eigenvalue weighted by Gasteiger charge is -2.06. The number of carbonyl (C=O) groups excluding carboxylic acids is 2. The van der Waals surface area contributed by atoms with Gasteiger partial charge in [-0.3, -0.25) is 9.59 Å². The van der Waals surface area contributed by atoms with Gasteiger partial charge >= 0.3 is 0 Å². The van der Waals surface area contributed by atoms with Gasteiger partial charge in [0.05, 0.1) is 12.1 Å². The molecule has 4 nitrogen and oxygen atoms in total. The minimum Gasteiger partial charge on any atom is -0.484 e. The van der Waals surface area contributed by atoms with Crippen molar-refractivity contribution in [2.45, 2.75) is 13.3 Å². The molecule has 1 aromatic rings. The van der Waals surface area contributed by atoms with E-state index in [9.17, 15) is 9.59 Å². The van der Waals surface area contributed by atoms with Gasteiger partial charge in [-0.25, -0.2) is 0 Å². The molecule has 1 aromatic carbocycles. The molecule has 0 aliphatic rings. The van der Waals surface area contributed by atoms with Crippen LogP contribution in [0.2, 0.25) is 0 Å². The predicted molar refractivity (Wildman–Crippen MR) is 56.7 cm³/mol. The molecule has 0 saturated heterocycles. The zero-order valence-corrected chi connectivity index (χ0v) is 8.53. The molecule has 0 aromatic heterocycles. The number of nitrogen functional groups attached to an aromatic ring is 1. The summed E-state index contributed by atoms with van der Waals surface area (Å²) in [5, 5.41) is 0. The lowest BCUT2D eigenvalue weighted by Crippen LogP contribution is -2.14. The molecule has 15 heavy (non-hydrogen) atoms. The van der Waals surface area contributed by atoms with Gasteiger partial charge in [0.2, 0.25) is 0 Å². The Morgan fingerprint density at radius 2 is 2.00 bits per heavy atom. The van der Waals surface area contributed by atoms with Crippen LogP contribution < -0.4 is 10.5 Å². The fourth-order valence-electron chi connectivity index (χ4n) is 1.10. The van der Waals surface area contributed by atoms with Crippen LogP contribution in [0, 0.1) is 0 Å². The Hall–Kier alpha value is -1.84. The first-order valence-corrected chi connectivity index (χ1v) is 4.58. The highest BCUT2D eigenvalue weighted by atomic mass is 16.5. The maximum atomic E-state index is 11.2. The van der Waals surface area contributed by atoms with Gasteiger partial charge in [0.25, 0.3) is 0 Å². The molecule has 0 unspecified atom stereocenters. The Balaban J connectivity index is 2.47. The molecule has 0 atom stereocenters. The predicted octanol–water partition coefficient (Wildman–Crippen LogP) is 1.20. The number of para-hydroxylation sites is 2. The summed E-state index contributed by atoms with van der Waals surface area (Å²) in [4.78, 5) is 21.8. The number of benzene rings is 1. The first-order chi connectivity index (χ1) is 7.09. The zero-order chi connectivity index (χ0) is 11.3. The van der Waals surface area contributed by atoms with E-state index in [4.69, 9.17) is 10.5 Å². The van der Waals surface area contributed by atoms with Crippen molar-refractivity contribution in [3.05, 3.63) is 24.3 Å². The van der Waals surface area contributed by atoms with E-state index in [2.05, 4.69) is 0 Å². The zero-order valence-electron chi connectivity index (χ0n) is 8.53. The van der Waals surface area contributed by atoms with Gasteiger partial charge in [-0.15, -0.1) is 0 Å². The summed E-state index contributed by atoms with van der Waals surface area (Å²) >= 11 is 0. The summed E-state index contributed by atoms with van der Waals surface area (Å²) in [6, 6.07) is 6.90. The monoisotopic (exact) mass is 207 g/mol. The molecule has 0 aliphatic heterocycles. The molecular formula is C11H13NO3. The van der Waals surface area contributed by atoms with Crippen LogP contribution in [0.15, 0.2) is 24.3 Å². The normalized spacial score (nSPS) is 9.67. The second kappa shape index (κ2) is 5.14. The van der Waals surface area contributed by atoms with Crippen LogP contribution in [0.25, 0.3) is 0 Å². The molecule has 0 spiro atoms. The number of hydrogen-bond donors (Lipinski definition) is 1. The Morgan fingerprint density at radius 3 is 2.60 bits per heavy atom. The van der Waals surface area contributed by atoms with Crippen LogP contribution in [-0.2, 0) is 9.59 Å². The van der Waals surface area contributed by atoms with Crippen LogP contribution >= 0.6 is 0 Å². The molecule has 0 bridgehead atoms. The van der Waals surface area contributed by atoms with Gasteiger partial charge in [0, 0.05) is 0 Å². The number of ketones is 2. The lowest BCUT2D eigenvalue weighted by atomic mass is 10.2. The van der Waals surface area contributed by atoms with Crippen molar-refractivity contribution in [2.24, 2.45) is 0 Å². The minimum atomic E-state index is -0.245. The average molecular weight is 207 g/mol. The second-order valence-electron chi connectivity index (χ2n) is 3.24. The maximum Gasteiger partial charge on any atom is 0.177 e. The van der Waals surface area contributed by atoms with Crippen LogP contribution in [0.5, 0.6) is 5.75 Å². The standard InChI is InChI=1S/C11H13NO3/c1-8(13)6-9(14)7-15-11-5-3-2-4-10(11)12/h2-5H,6-7,12H2,1H3. The first-order valence-electron chi connectivity index (χ1n) is 4.58. The highest BCUT2D eigenvalue weighted by molar-refractivity contribution is 5.98. The third-order valence-electron chi connectivity index (χ3n) is 1.75. The van der Waals surface area contributed by atoms with Crippen LogP contribution in [-0.4, -0.2) is 18.2 Å². The number of Topliss-reactive ketones (excluding diaryl/α,β-unsaturated/α-hetero) is 2. The second-order valence-corrected chi connectivity index (χ2v) is 3.24. The number of hydrogen-bond acceptors (Lipinski definition) is 4. The van der Waals surface area contributed by atoms with E-state index in [1.54, 1.807) is 24.3 Å². The molecule has 2 N–H and O–H groups in total. The Bertz CT molecular complexity index is 374. The van der Waals surface area contributed by atoms with Gasteiger partial charge < -0.3 is 10.5 Å². The van der Waals surface area contributed by atoms with Gasteiger partial charge in [0.15, 0.2) is 5.78 Å². The summed E-state index contributed by atoms with van der Waals surface area (Å²) in [6.45, 7) is 1.25. The number of carbonyl (C=O) groups is 2. The summed E-state index contributed by atoms with van der Waals surface area (Å²) in [5.41, 5.74) is 6.08. The van der Waals surface area contributed by atoms with Crippen LogP contribution in [0.4, 0.5) is 5.69 Å². The van der Waals surface area contributed by atoms with Gasteiger partial charge in [-0.05, 0) is 19.1 Å². The molecule has 0 radical (unpaired) electrons. The Morgan fingerprint density at radius 1 is 1.33 bits per heavy atom. The third-order valence-corrected chi connectivity index (χ3v) is 1.75. The highest BCUT2D eigenvalue weighted by Crippen LogP contribution is 2.19. The van der Waals surface area contributed by atoms with Gasteiger partial charge in [0.1, 0.15) is 18.1 Å². The van der Waals surface area contributed by atoms with Crippen molar-refractivity contribution in [1.82, 2.24) is 0 Å². The number of nitrogens with two attached hydrogens (primary N) is 1. The van der Waals surface area contributed by atoms with E-state index in [0.717, 1.165) is 0 Å². The minimum absolute atomic E-state index is 0.0905. The summed E-state index contributed by atoms with van der Waals surface area (Å²) in [7, 11) is 0. The molecule has 0 amide bonds. The molecule has 4 heteroatoms. The van der Waals surface area contributed by atoms with E-state index in [1.807, 2.05) is 0 Å². The average Bonchev–Trinajstić information content (AvgIpc) is 2.15. The fourth-order valence-corrected chi connectivity index (χ4v) is 1.10. The van der Waals surface area contributed by atoms with E-state index in [-0.39, 0.29) is 24.6 Å². The summed E-state index contributed by atoms with van der Waals surface area (Å²) in [5.74, 6) is 0.0600. The summed E-state index contributed by atoms with van der Waals surface area (Å²) in [6.07, 6.45) is -0.0905. The van der Waals surface area contributed by atoms with E-state index < -0.39 is 0 Å². The highest BCUT2D eigenvalue weighted by Gasteiger charge is 2.07. The number of anilines is 1. The molecule has 80 valence electrons. The molecule has 0 saturated carbocycles. The quantitative estimate of drug-likeness (QED) is 0.581. The maximum absolute atomic E-state index is 11.2. The molecular weight excluding hydrogens is 194 g/mol. The first kappa shape index (κ1) is 11.2.